The van der Waals surface area contributed by atoms with Crippen molar-refractivity contribution in [3.8, 4) is 11.3 Å². The molecule has 2 aliphatic heterocycles. The Labute approximate surface area is 231 Å². The van der Waals surface area contributed by atoms with Crippen LogP contribution in [-0.2, 0) is 10.9 Å². The Morgan fingerprint density at radius 3 is 2.67 bits per heavy atom. The van der Waals surface area contributed by atoms with Gasteiger partial charge in [-0.05, 0) is 50.5 Å². The van der Waals surface area contributed by atoms with Crippen LogP contribution in [0.2, 0.25) is 0 Å². The second-order valence-electron chi connectivity index (χ2n) is 10.4. The number of aromatic nitrogens is 5. The molecule has 0 N–H and O–H groups in total. The van der Waals surface area contributed by atoms with Crippen LogP contribution in [-0.4, -0.2) is 50.7 Å². The van der Waals surface area contributed by atoms with Crippen molar-refractivity contribution in [3.05, 3.63) is 47.5 Å². The van der Waals surface area contributed by atoms with Crippen LogP contribution in [0.15, 0.2) is 34.9 Å². The molecule has 5 heterocycles. The topological polar surface area (TPSA) is 69.0 Å². The molecule has 204 valence electrons. The molecule has 1 aliphatic carbocycles. The van der Waals surface area contributed by atoms with Crippen molar-refractivity contribution in [1.82, 2.24) is 24.7 Å². The number of alkyl halides is 3. The van der Waals surface area contributed by atoms with E-state index in [-0.39, 0.29) is 12.0 Å². The zero-order chi connectivity index (χ0) is 26.7. The number of hydrogen-bond donors (Lipinski definition) is 0. The van der Waals surface area contributed by atoms with Crippen LogP contribution in [0.5, 0.6) is 0 Å². The van der Waals surface area contributed by atoms with Crippen LogP contribution >= 0.6 is 23.1 Å². The molecule has 7 rings (SSSR count). The predicted octanol–water partition coefficient (Wildman–Crippen LogP) is 6.87. The number of halogens is 3. The molecule has 2 saturated heterocycles. The summed E-state index contributed by atoms with van der Waals surface area (Å²) in [6.07, 6.45) is 6.21. The van der Waals surface area contributed by atoms with Gasteiger partial charge in [0.25, 0.3) is 0 Å². The van der Waals surface area contributed by atoms with E-state index in [0.29, 0.717) is 47.5 Å². The van der Waals surface area contributed by atoms with Crippen LogP contribution in [0.4, 0.5) is 18.9 Å². The van der Waals surface area contributed by atoms with Gasteiger partial charge >= 0.3 is 6.18 Å². The molecule has 3 fully saturated rings. The maximum atomic E-state index is 13.6. The number of nitrogens with zero attached hydrogens (tertiary/aromatic N) is 6. The highest BCUT2D eigenvalue weighted by Gasteiger charge is 2.34. The highest BCUT2D eigenvalue weighted by Crippen LogP contribution is 2.44. The zero-order valence-electron chi connectivity index (χ0n) is 21.3. The Morgan fingerprint density at radius 2 is 1.95 bits per heavy atom. The van der Waals surface area contributed by atoms with E-state index in [2.05, 4.69) is 11.3 Å². The third-order valence-electron chi connectivity index (χ3n) is 7.77. The maximum Gasteiger partial charge on any atom is 0.416 e. The normalized spacial score (nSPS) is 21.9. The lowest BCUT2D eigenvalue weighted by Gasteiger charge is -2.35. The SMILES string of the molecule is CSc1nc2nc(C3CCO[C@@H](c4cnn(C5CC5)c4)C3)nc(-c3ccc(C(F)(F)F)cc3N3CCC3)c2s1. The van der Waals surface area contributed by atoms with E-state index >= 15 is 0 Å². The monoisotopic (exact) mass is 572 g/mol. The Kier molecular flexibility index (Phi) is 6.31. The lowest BCUT2D eigenvalue weighted by Crippen LogP contribution is -2.37. The molecule has 0 bridgehead atoms. The molecular weight excluding hydrogens is 545 g/mol. The van der Waals surface area contributed by atoms with Crippen molar-refractivity contribution in [2.45, 2.75) is 60.7 Å². The fraction of sp³-hybridized carbons (Fsp3) is 0.481. The quantitative estimate of drug-likeness (QED) is 0.234. The molecule has 0 radical (unpaired) electrons. The van der Waals surface area contributed by atoms with E-state index in [1.54, 1.807) is 6.07 Å². The number of anilines is 1. The number of thioether (sulfide) groups is 1. The maximum absolute atomic E-state index is 13.6. The first kappa shape index (κ1) is 25.3. The summed E-state index contributed by atoms with van der Waals surface area (Å²) in [4.78, 5) is 16.7. The van der Waals surface area contributed by atoms with Gasteiger partial charge in [-0.3, -0.25) is 4.68 Å². The minimum atomic E-state index is -4.41. The molecule has 7 nitrogen and oxygen atoms in total. The summed E-state index contributed by atoms with van der Waals surface area (Å²) in [5, 5.41) is 4.53. The first-order valence-electron chi connectivity index (χ1n) is 13.2. The van der Waals surface area contributed by atoms with Crippen molar-refractivity contribution in [1.29, 1.82) is 0 Å². The van der Waals surface area contributed by atoms with Gasteiger partial charge in [-0.1, -0.05) is 17.8 Å². The van der Waals surface area contributed by atoms with Gasteiger partial charge in [-0.2, -0.15) is 18.3 Å². The molecule has 3 aliphatic rings. The number of benzene rings is 1. The molecule has 0 amide bonds. The molecule has 1 unspecified atom stereocenters. The zero-order valence-corrected chi connectivity index (χ0v) is 23.0. The molecule has 12 heteroatoms. The minimum absolute atomic E-state index is 0.0394. The van der Waals surface area contributed by atoms with E-state index in [9.17, 15) is 13.2 Å². The van der Waals surface area contributed by atoms with Crippen LogP contribution in [0.1, 0.15) is 67.1 Å². The van der Waals surface area contributed by atoms with Crippen LogP contribution in [0, 0.1) is 0 Å². The number of rotatable bonds is 6. The van der Waals surface area contributed by atoms with Gasteiger partial charge in [0.1, 0.15) is 10.5 Å². The predicted molar refractivity (Wildman–Crippen MR) is 145 cm³/mol. The van der Waals surface area contributed by atoms with Gasteiger partial charge in [0.05, 0.1) is 29.6 Å². The molecule has 0 spiro atoms. The number of hydrogen-bond acceptors (Lipinski definition) is 8. The van der Waals surface area contributed by atoms with E-state index in [0.717, 1.165) is 46.6 Å². The van der Waals surface area contributed by atoms with Crippen molar-refractivity contribution in [2.24, 2.45) is 0 Å². The van der Waals surface area contributed by atoms with E-state index < -0.39 is 11.7 Å². The van der Waals surface area contributed by atoms with Crippen molar-refractivity contribution in [2.75, 3.05) is 30.9 Å². The first-order chi connectivity index (χ1) is 18.9. The average molecular weight is 573 g/mol. The van der Waals surface area contributed by atoms with Gasteiger partial charge in [0, 0.05) is 48.6 Å². The smallest absolute Gasteiger partial charge is 0.373 e. The van der Waals surface area contributed by atoms with Crippen LogP contribution < -0.4 is 4.90 Å². The van der Waals surface area contributed by atoms with E-state index in [4.69, 9.17) is 19.7 Å². The largest absolute Gasteiger partial charge is 0.416 e. The third-order valence-corrected chi connectivity index (χ3v) is 9.80. The Hall–Kier alpha value is -2.70. The summed E-state index contributed by atoms with van der Waals surface area (Å²) in [6, 6.07) is 4.50. The Balaban J connectivity index is 1.30. The fourth-order valence-corrected chi connectivity index (χ4v) is 6.83. The molecule has 2 atom stereocenters. The van der Waals surface area contributed by atoms with E-state index in [1.807, 2.05) is 22.0 Å². The summed E-state index contributed by atoms with van der Waals surface area (Å²) in [5.41, 5.74) is 2.94. The van der Waals surface area contributed by atoms with Gasteiger partial charge in [-0.15, -0.1) is 11.3 Å². The Morgan fingerprint density at radius 1 is 1.10 bits per heavy atom. The average Bonchev–Trinajstić information content (AvgIpc) is 3.47. The molecular formula is C27H27F3N6OS2. The van der Waals surface area contributed by atoms with Crippen LogP contribution in [0.3, 0.4) is 0 Å². The molecule has 1 aromatic carbocycles. The molecule has 39 heavy (non-hydrogen) atoms. The number of ether oxygens (including phenoxy) is 1. The fourth-order valence-electron chi connectivity index (χ4n) is 5.32. The van der Waals surface area contributed by atoms with Crippen LogP contribution in [0.25, 0.3) is 21.6 Å². The van der Waals surface area contributed by atoms with Gasteiger partial charge in [-0.25, -0.2) is 15.0 Å². The number of fused-ring (bicyclic) bond motifs is 1. The standard InChI is InChI=1S/C27H27F3N6OS2/c1-38-26-34-25-23(39-26)22(19-6-3-17(27(28,29)30)12-20(19)35-8-2-9-35)32-24(33-25)15-7-10-37-21(11-15)16-13-31-36(14-16)18-4-5-18/h3,6,12-15,18,21H,2,4-5,7-11H2,1H3/t15?,21-/m1/s1. The Bertz CT molecular complexity index is 1530. The third kappa shape index (κ3) is 4.80. The second-order valence-corrected chi connectivity index (χ2v) is 12.5. The first-order valence-corrected chi connectivity index (χ1v) is 15.3. The summed E-state index contributed by atoms with van der Waals surface area (Å²) in [7, 11) is 0. The lowest BCUT2D eigenvalue weighted by atomic mass is 9.92. The van der Waals surface area contributed by atoms with Gasteiger partial charge in [0.15, 0.2) is 9.99 Å². The molecule has 1 saturated carbocycles. The molecule has 3 aromatic heterocycles. The lowest BCUT2D eigenvalue weighted by molar-refractivity contribution is -0.137. The van der Waals surface area contributed by atoms with Gasteiger partial charge < -0.3 is 9.64 Å². The summed E-state index contributed by atoms with van der Waals surface area (Å²) in [5.74, 6) is 0.713. The highest BCUT2D eigenvalue weighted by atomic mass is 32.2. The molecule has 4 aromatic rings. The summed E-state index contributed by atoms with van der Waals surface area (Å²) < 4.78 is 50.8. The summed E-state index contributed by atoms with van der Waals surface area (Å²) in [6.45, 7) is 2.03. The van der Waals surface area contributed by atoms with E-state index in [1.165, 1.54) is 42.0 Å². The highest BCUT2D eigenvalue weighted by molar-refractivity contribution is 8.00. The van der Waals surface area contributed by atoms with Gasteiger partial charge in [0.2, 0.25) is 0 Å². The summed E-state index contributed by atoms with van der Waals surface area (Å²) >= 11 is 3.02. The van der Waals surface area contributed by atoms with Crippen molar-refractivity contribution >= 4 is 39.1 Å². The van der Waals surface area contributed by atoms with Crippen molar-refractivity contribution < 1.29 is 17.9 Å². The minimum Gasteiger partial charge on any atom is -0.373 e. The number of thiazole rings is 1. The van der Waals surface area contributed by atoms with Crippen molar-refractivity contribution in [3.63, 3.8) is 0 Å². The second kappa shape index (κ2) is 9.74.